The molecule has 0 aliphatic carbocycles. The van der Waals surface area contributed by atoms with Crippen LogP contribution in [0.2, 0.25) is 0 Å². The third kappa shape index (κ3) is 1.94. The average Bonchev–Trinajstić information content (AvgIpc) is 2.07. The Morgan fingerprint density at radius 3 is 2.75 bits per heavy atom. The molecule has 0 saturated carbocycles. The number of allylic oxidation sites excluding steroid dienone is 4. The van der Waals surface area contributed by atoms with E-state index in [2.05, 4.69) is 0 Å². The van der Waals surface area contributed by atoms with E-state index in [1.807, 2.05) is 0 Å². The molecule has 0 aromatic heterocycles. The van der Waals surface area contributed by atoms with Gasteiger partial charge in [-0.05, 0) is 12.2 Å². The van der Waals surface area contributed by atoms with E-state index in [1.54, 1.807) is 18.2 Å². The fourth-order valence-electron chi connectivity index (χ4n) is 0.744. The SMILES string of the molecule is NN1C=CC=CC=C([PH2]=O)C1=O. The van der Waals surface area contributed by atoms with Crippen molar-refractivity contribution < 1.29 is 9.36 Å². The van der Waals surface area contributed by atoms with Crippen LogP contribution in [0.4, 0.5) is 0 Å². The van der Waals surface area contributed by atoms with Crippen LogP contribution in [0.25, 0.3) is 0 Å². The molecule has 1 rings (SSSR count). The van der Waals surface area contributed by atoms with Gasteiger partial charge in [-0.15, -0.1) is 0 Å². The van der Waals surface area contributed by atoms with Gasteiger partial charge in [-0.3, -0.25) is 9.80 Å². The Hall–Kier alpha value is -1.12. The molecule has 4 nitrogen and oxygen atoms in total. The normalized spacial score (nSPS) is 18.2. The molecule has 0 radical (unpaired) electrons. The van der Waals surface area contributed by atoms with E-state index in [0.717, 1.165) is 5.01 Å². The highest BCUT2D eigenvalue weighted by Gasteiger charge is 2.11. The van der Waals surface area contributed by atoms with Crippen molar-refractivity contribution >= 4 is 14.4 Å². The highest BCUT2D eigenvalue weighted by atomic mass is 31.1. The maximum Gasteiger partial charge on any atom is 0.274 e. The Kier molecular flexibility index (Phi) is 3.02. The van der Waals surface area contributed by atoms with Gasteiger partial charge >= 0.3 is 0 Å². The minimum absolute atomic E-state index is 0.248. The molecule has 1 atom stereocenters. The first-order valence-corrected chi connectivity index (χ1v) is 4.39. The van der Waals surface area contributed by atoms with Gasteiger partial charge in [0.05, 0.1) is 13.8 Å². The van der Waals surface area contributed by atoms with Crippen LogP contribution in [0.15, 0.2) is 35.8 Å². The van der Waals surface area contributed by atoms with Gasteiger partial charge in [-0.2, -0.15) is 0 Å². The summed E-state index contributed by atoms with van der Waals surface area (Å²) in [6.45, 7) is 0. The molecule has 1 unspecified atom stereocenters. The van der Waals surface area contributed by atoms with Crippen LogP contribution in [-0.4, -0.2) is 10.9 Å². The number of amides is 1. The lowest BCUT2D eigenvalue weighted by Gasteiger charge is -2.11. The Balaban J connectivity index is 3.01. The number of hydrogen-bond acceptors (Lipinski definition) is 3. The molecule has 2 N–H and O–H groups in total. The van der Waals surface area contributed by atoms with E-state index in [-0.39, 0.29) is 5.31 Å². The fraction of sp³-hybridized carbons (Fsp3) is 0. The molecule has 0 fully saturated rings. The molecule has 0 saturated heterocycles. The van der Waals surface area contributed by atoms with Crippen molar-refractivity contribution in [3.63, 3.8) is 0 Å². The van der Waals surface area contributed by atoms with Crippen molar-refractivity contribution in [1.82, 2.24) is 5.01 Å². The first-order chi connectivity index (χ1) is 5.75. The van der Waals surface area contributed by atoms with Crippen LogP contribution in [0.3, 0.4) is 0 Å². The van der Waals surface area contributed by atoms with Crippen LogP contribution in [0.1, 0.15) is 0 Å². The smallest absolute Gasteiger partial charge is 0.274 e. The Morgan fingerprint density at radius 2 is 2.08 bits per heavy atom. The number of carbonyl (C=O) groups excluding carboxylic acids is 1. The predicted molar refractivity (Wildman–Crippen MR) is 47.8 cm³/mol. The van der Waals surface area contributed by atoms with Gasteiger partial charge in [0.15, 0.2) is 0 Å². The highest BCUT2D eigenvalue weighted by molar-refractivity contribution is 7.31. The zero-order valence-corrected chi connectivity index (χ0v) is 7.46. The summed E-state index contributed by atoms with van der Waals surface area (Å²) in [5.41, 5.74) is 0. The summed E-state index contributed by atoms with van der Waals surface area (Å²) in [5.74, 6) is 4.89. The van der Waals surface area contributed by atoms with Crippen molar-refractivity contribution in [3.05, 3.63) is 35.8 Å². The number of carbonyl (C=O) groups is 1. The number of nitrogens with zero attached hydrogens (tertiary/aromatic N) is 1. The molecule has 5 heteroatoms. The third-order valence-electron chi connectivity index (χ3n) is 1.35. The Labute approximate surface area is 71.2 Å². The first kappa shape index (κ1) is 8.97. The second-order valence-corrected chi connectivity index (χ2v) is 3.04. The van der Waals surface area contributed by atoms with Gasteiger partial charge < -0.3 is 4.57 Å². The zero-order valence-electron chi connectivity index (χ0n) is 6.31. The summed E-state index contributed by atoms with van der Waals surface area (Å²) in [6.07, 6.45) is 7.92. The van der Waals surface area contributed by atoms with Crippen molar-refractivity contribution in [1.29, 1.82) is 0 Å². The van der Waals surface area contributed by atoms with Gasteiger partial charge in [0.2, 0.25) is 0 Å². The van der Waals surface area contributed by atoms with E-state index < -0.39 is 14.4 Å². The van der Waals surface area contributed by atoms with Crippen molar-refractivity contribution in [2.24, 2.45) is 5.84 Å². The molecular weight excluding hydrogens is 175 g/mol. The molecule has 1 heterocycles. The molecule has 0 aromatic rings. The van der Waals surface area contributed by atoms with E-state index in [9.17, 15) is 9.36 Å². The molecule has 64 valence electrons. The summed E-state index contributed by atoms with van der Waals surface area (Å²) >= 11 is 0. The molecule has 0 aromatic carbocycles. The van der Waals surface area contributed by atoms with Crippen LogP contribution in [-0.2, 0) is 9.36 Å². The van der Waals surface area contributed by atoms with E-state index in [1.165, 1.54) is 12.3 Å². The first-order valence-electron chi connectivity index (χ1n) is 3.34. The van der Waals surface area contributed by atoms with Gasteiger partial charge in [0.1, 0.15) is 0 Å². The summed E-state index contributed by atoms with van der Waals surface area (Å²) in [5, 5.41) is 1.17. The lowest BCUT2D eigenvalue weighted by atomic mass is 10.3. The average molecular weight is 184 g/mol. The molecule has 0 spiro atoms. The van der Waals surface area contributed by atoms with Crippen LogP contribution >= 0.6 is 8.46 Å². The zero-order chi connectivity index (χ0) is 8.97. The van der Waals surface area contributed by atoms with E-state index in [4.69, 9.17) is 5.84 Å². The van der Waals surface area contributed by atoms with Crippen LogP contribution < -0.4 is 5.84 Å². The predicted octanol–water partition coefficient (Wildman–Crippen LogP) is 0.412. The summed E-state index contributed by atoms with van der Waals surface area (Å²) in [4.78, 5) is 11.2. The minimum Gasteiger partial charge on any atom is -0.325 e. The molecule has 12 heavy (non-hydrogen) atoms. The number of hydrazine groups is 1. The van der Waals surface area contributed by atoms with Crippen LogP contribution in [0.5, 0.6) is 0 Å². The molecule has 1 amide bonds. The van der Waals surface area contributed by atoms with Crippen molar-refractivity contribution in [3.8, 4) is 0 Å². The van der Waals surface area contributed by atoms with Crippen molar-refractivity contribution in [2.75, 3.05) is 0 Å². The Morgan fingerprint density at radius 1 is 1.33 bits per heavy atom. The number of rotatable bonds is 1. The number of nitrogens with two attached hydrogens (primary N) is 1. The summed E-state index contributed by atoms with van der Waals surface area (Å²) in [6, 6.07) is 0. The van der Waals surface area contributed by atoms with E-state index in [0.29, 0.717) is 0 Å². The summed E-state index contributed by atoms with van der Waals surface area (Å²) < 4.78 is 10.6. The molecule has 1 aliphatic rings. The topological polar surface area (TPSA) is 63.4 Å². The monoisotopic (exact) mass is 184 g/mol. The maximum atomic E-state index is 11.2. The third-order valence-corrected chi connectivity index (χ3v) is 2.05. The molecular formula is C7H9N2O2P. The Bertz CT molecular complexity index is 294. The maximum absolute atomic E-state index is 11.2. The molecule has 1 aliphatic heterocycles. The second kappa shape index (κ2) is 4.04. The lowest BCUT2D eigenvalue weighted by Crippen LogP contribution is -2.32. The quantitative estimate of drug-likeness (QED) is 0.364. The fourth-order valence-corrected chi connectivity index (χ4v) is 1.18. The van der Waals surface area contributed by atoms with Gasteiger partial charge in [0, 0.05) is 6.20 Å². The lowest BCUT2D eigenvalue weighted by molar-refractivity contribution is -0.124. The largest absolute Gasteiger partial charge is 0.325 e. The van der Waals surface area contributed by atoms with Crippen molar-refractivity contribution in [2.45, 2.75) is 0 Å². The molecule has 0 bridgehead atoms. The van der Waals surface area contributed by atoms with E-state index >= 15 is 0 Å². The summed E-state index contributed by atoms with van der Waals surface area (Å²) in [7, 11) is -1.24. The van der Waals surface area contributed by atoms with Gasteiger partial charge in [-0.1, -0.05) is 12.2 Å². The van der Waals surface area contributed by atoms with Gasteiger partial charge in [-0.25, -0.2) is 5.84 Å². The highest BCUT2D eigenvalue weighted by Crippen LogP contribution is 2.15. The minimum atomic E-state index is -1.24. The number of hydrogen-bond donors (Lipinski definition) is 1. The van der Waals surface area contributed by atoms with Crippen LogP contribution in [0, 0.1) is 0 Å². The standard InChI is InChI=1S/C7H9N2O2P/c8-9-5-3-1-2-4-6(12-11)7(9)10/h1-5H,8,12H2. The second-order valence-electron chi connectivity index (χ2n) is 2.18. The van der Waals surface area contributed by atoms with Gasteiger partial charge in [0.25, 0.3) is 5.91 Å².